The second-order valence-corrected chi connectivity index (χ2v) is 6.64. The fourth-order valence-corrected chi connectivity index (χ4v) is 2.06. The van der Waals surface area contributed by atoms with Crippen LogP contribution in [0.2, 0.25) is 0 Å². The lowest BCUT2D eigenvalue weighted by molar-refractivity contribution is -0.143. The summed E-state index contributed by atoms with van der Waals surface area (Å²) in [5, 5.41) is 10.9. The number of hydrogen-bond acceptors (Lipinski definition) is 3. The third kappa shape index (κ3) is 7.35. The lowest BCUT2D eigenvalue weighted by Crippen LogP contribution is -2.36. The maximum atomic E-state index is 13.0. The summed E-state index contributed by atoms with van der Waals surface area (Å²) in [7, 11) is 0. The number of hydrogen-bond donors (Lipinski definition) is 2. The molecule has 2 N–H and O–H groups in total. The second kappa shape index (κ2) is 7.65. The van der Waals surface area contributed by atoms with Gasteiger partial charge in [0.2, 0.25) is 0 Å². The average Bonchev–Trinajstić information content (AvgIpc) is 2.41. The number of carboxylic acid groups (broad SMARTS) is 1. The predicted molar refractivity (Wildman–Crippen MR) is 80.8 cm³/mol. The summed E-state index contributed by atoms with van der Waals surface area (Å²) in [4.78, 5) is 22.8. The van der Waals surface area contributed by atoms with Gasteiger partial charge in [0.05, 0.1) is 23.6 Å². The molecule has 0 saturated carbocycles. The summed E-state index contributed by atoms with van der Waals surface area (Å²) in [6.45, 7) is 4.43. The molecule has 1 aromatic carbocycles. The van der Waals surface area contributed by atoms with Crippen LogP contribution in [-0.4, -0.2) is 22.8 Å². The summed E-state index contributed by atoms with van der Waals surface area (Å²) >= 11 is 0. The number of carbonyl (C=O) groups excluding carboxylic acids is 1. The van der Waals surface area contributed by atoms with E-state index in [0.717, 1.165) is 0 Å². The summed E-state index contributed by atoms with van der Waals surface area (Å²) in [6.07, 6.45) is -12.3. The molecule has 0 saturated heterocycles. The Morgan fingerprint density at radius 1 is 1.00 bits per heavy atom. The molecule has 0 radical (unpaired) electrons. The number of amides is 1. The van der Waals surface area contributed by atoms with Gasteiger partial charge in [0.15, 0.2) is 0 Å². The van der Waals surface area contributed by atoms with Crippen LogP contribution in [0.3, 0.4) is 0 Å². The number of alkyl halides is 6. The van der Waals surface area contributed by atoms with E-state index in [1.165, 1.54) is 20.8 Å². The van der Waals surface area contributed by atoms with Crippen molar-refractivity contribution in [1.82, 2.24) is 5.32 Å². The predicted octanol–water partition coefficient (Wildman–Crippen LogP) is 4.76. The Balaban J connectivity index is 3.39. The number of benzene rings is 1. The maximum absolute atomic E-state index is 13.0. The van der Waals surface area contributed by atoms with E-state index in [4.69, 9.17) is 9.84 Å². The van der Waals surface area contributed by atoms with Crippen molar-refractivity contribution in [2.24, 2.45) is 0 Å². The minimum absolute atomic E-state index is 0.0885. The fourth-order valence-electron chi connectivity index (χ4n) is 2.06. The van der Waals surface area contributed by atoms with Crippen molar-refractivity contribution < 1.29 is 45.8 Å². The van der Waals surface area contributed by atoms with Gasteiger partial charge < -0.3 is 15.2 Å². The number of aliphatic carboxylic acids is 1. The molecule has 0 heterocycles. The van der Waals surface area contributed by atoms with Crippen LogP contribution in [0.5, 0.6) is 0 Å². The van der Waals surface area contributed by atoms with Crippen LogP contribution in [0.25, 0.3) is 0 Å². The van der Waals surface area contributed by atoms with Crippen molar-refractivity contribution >= 4 is 12.1 Å². The molecular weight excluding hydrogens is 384 g/mol. The quantitative estimate of drug-likeness (QED) is 0.713. The van der Waals surface area contributed by atoms with Gasteiger partial charge in [-0.1, -0.05) is 0 Å². The molecule has 152 valence electrons. The van der Waals surface area contributed by atoms with E-state index in [0.29, 0.717) is 12.1 Å². The zero-order valence-electron chi connectivity index (χ0n) is 14.5. The van der Waals surface area contributed by atoms with E-state index in [9.17, 15) is 35.9 Å². The summed E-state index contributed by atoms with van der Waals surface area (Å²) < 4.78 is 82.6. The van der Waals surface area contributed by atoms with E-state index in [1.54, 1.807) is 0 Å². The zero-order valence-corrected chi connectivity index (χ0v) is 14.5. The van der Waals surface area contributed by atoms with Crippen LogP contribution >= 0.6 is 0 Å². The lowest BCUT2D eigenvalue weighted by atomic mass is 9.97. The summed E-state index contributed by atoms with van der Waals surface area (Å²) in [5.41, 5.74) is -4.91. The molecule has 1 unspecified atom stereocenters. The standard InChI is InChI=1S/C16H17F6NO4/c1-14(2,3)27-13(26)23-11(7-12(24)25)8-4-9(15(17,18)19)6-10(5-8)16(20,21)22/h4-6,11H,7H2,1-3H3,(H,23,26)(H,24,25). The average molecular weight is 401 g/mol. The molecule has 0 fully saturated rings. The first-order chi connectivity index (χ1) is 12.0. The van der Waals surface area contributed by atoms with Crippen molar-refractivity contribution in [3.8, 4) is 0 Å². The van der Waals surface area contributed by atoms with Gasteiger partial charge in [0.25, 0.3) is 0 Å². The van der Waals surface area contributed by atoms with Crippen LogP contribution in [0.15, 0.2) is 18.2 Å². The van der Waals surface area contributed by atoms with E-state index >= 15 is 0 Å². The number of carbonyl (C=O) groups is 2. The largest absolute Gasteiger partial charge is 0.481 e. The number of alkyl carbamates (subject to hydrolysis) is 1. The first-order valence-corrected chi connectivity index (χ1v) is 7.50. The van der Waals surface area contributed by atoms with Crippen LogP contribution in [0.4, 0.5) is 31.1 Å². The number of rotatable bonds is 4. The van der Waals surface area contributed by atoms with Gasteiger partial charge in [-0.3, -0.25) is 4.79 Å². The fraction of sp³-hybridized carbons (Fsp3) is 0.500. The van der Waals surface area contributed by atoms with Gasteiger partial charge >= 0.3 is 24.4 Å². The molecule has 11 heteroatoms. The van der Waals surface area contributed by atoms with Gasteiger partial charge in [0, 0.05) is 0 Å². The molecular formula is C16H17F6NO4. The SMILES string of the molecule is CC(C)(C)OC(=O)NC(CC(=O)O)c1cc(C(F)(F)F)cc(C(F)(F)F)c1. The number of carboxylic acids is 1. The smallest absolute Gasteiger partial charge is 0.416 e. The molecule has 0 aliphatic rings. The highest BCUT2D eigenvalue weighted by Gasteiger charge is 2.38. The first-order valence-electron chi connectivity index (χ1n) is 7.50. The molecule has 1 atom stereocenters. The normalized spacial score (nSPS) is 13.8. The minimum Gasteiger partial charge on any atom is -0.481 e. The first kappa shape index (κ1) is 22.6. The molecule has 5 nitrogen and oxygen atoms in total. The van der Waals surface area contributed by atoms with Crippen LogP contribution in [0, 0.1) is 0 Å². The van der Waals surface area contributed by atoms with Crippen LogP contribution in [0.1, 0.15) is 49.9 Å². The molecule has 0 aromatic heterocycles. The van der Waals surface area contributed by atoms with Crippen molar-refractivity contribution in [3.63, 3.8) is 0 Å². The highest BCUT2D eigenvalue weighted by molar-refractivity contribution is 5.72. The monoisotopic (exact) mass is 401 g/mol. The van der Waals surface area contributed by atoms with Crippen molar-refractivity contribution in [2.45, 2.75) is 51.2 Å². The molecule has 27 heavy (non-hydrogen) atoms. The van der Waals surface area contributed by atoms with Gasteiger partial charge in [-0.15, -0.1) is 0 Å². The molecule has 1 rings (SSSR count). The molecule has 1 aromatic rings. The number of halogens is 6. The Hall–Kier alpha value is -2.46. The molecule has 0 aliphatic carbocycles. The van der Waals surface area contributed by atoms with Crippen molar-refractivity contribution in [2.75, 3.05) is 0 Å². The van der Waals surface area contributed by atoms with E-state index in [2.05, 4.69) is 0 Å². The summed E-state index contributed by atoms with van der Waals surface area (Å²) in [6, 6.07) is -1.03. The Labute approximate surface area is 150 Å². The Kier molecular flexibility index (Phi) is 6.40. The summed E-state index contributed by atoms with van der Waals surface area (Å²) in [5.74, 6) is -1.54. The van der Waals surface area contributed by atoms with Crippen molar-refractivity contribution in [3.05, 3.63) is 34.9 Å². The van der Waals surface area contributed by atoms with Crippen LogP contribution in [-0.2, 0) is 21.9 Å². The highest BCUT2D eigenvalue weighted by atomic mass is 19.4. The van der Waals surface area contributed by atoms with Gasteiger partial charge in [-0.2, -0.15) is 26.3 Å². The van der Waals surface area contributed by atoms with E-state index < -0.39 is 59.2 Å². The second-order valence-electron chi connectivity index (χ2n) is 6.64. The number of nitrogens with one attached hydrogen (secondary N) is 1. The minimum atomic E-state index is -5.10. The Bertz CT molecular complexity index is 674. The van der Waals surface area contributed by atoms with E-state index in [1.807, 2.05) is 5.32 Å². The van der Waals surface area contributed by atoms with Gasteiger partial charge in [0.1, 0.15) is 5.60 Å². The topological polar surface area (TPSA) is 75.6 Å². The zero-order chi connectivity index (χ0) is 21.2. The molecule has 0 aliphatic heterocycles. The molecule has 1 amide bonds. The van der Waals surface area contributed by atoms with Gasteiger partial charge in [-0.25, -0.2) is 4.79 Å². The Morgan fingerprint density at radius 2 is 1.44 bits per heavy atom. The third-order valence-electron chi connectivity index (χ3n) is 3.08. The van der Waals surface area contributed by atoms with Crippen molar-refractivity contribution in [1.29, 1.82) is 0 Å². The van der Waals surface area contributed by atoms with E-state index in [-0.39, 0.29) is 6.07 Å². The third-order valence-corrected chi connectivity index (χ3v) is 3.08. The van der Waals surface area contributed by atoms with Gasteiger partial charge in [-0.05, 0) is 44.5 Å². The highest BCUT2D eigenvalue weighted by Crippen LogP contribution is 2.37. The maximum Gasteiger partial charge on any atom is 0.416 e. The molecule has 0 bridgehead atoms. The molecule has 0 spiro atoms. The number of ether oxygens (including phenoxy) is 1. The van der Waals surface area contributed by atoms with Crippen LogP contribution < -0.4 is 5.32 Å². The Morgan fingerprint density at radius 3 is 1.78 bits per heavy atom. The lowest BCUT2D eigenvalue weighted by Gasteiger charge is -2.24.